The number of nitrogens with zero attached hydrogens (tertiary/aromatic N) is 2. The summed E-state index contributed by atoms with van der Waals surface area (Å²) in [5, 5.41) is 19.9. The molecule has 0 unspecified atom stereocenters. The van der Waals surface area contributed by atoms with E-state index in [1.165, 1.54) is 10.1 Å². The molecule has 2 N–H and O–H groups in total. The Labute approximate surface area is 168 Å². The monoisotopic (exact) mass is 398 g/mol. The van der Waals surface area contributed by atoms with Gasteiger partial charge in [-0.25, -0.2) is 4.79 Å². The van der Waals surface area contributed by atoms with E-state index in [9.17, 15) is 15.0 Å². The molecule has 2 aromatic heterocycles. The summed E-state index contributed by atoms with van der Waals surface area (Å²) >= 11 is 0. The van der Waals surface area contributed by atoms with Gasteiger partial charge in [-0.05, 0) is 23.5 Å². The Kier molecular flexibility index (Phi) is 5.06. The predicted molar refractivity (Wildman–Crippen MR) is 108 cm³/mol. The van der Waals surface area contributed by atoms with Gasteiger partial charge in [0, 0.05) is 18.2 Å². The molecule has 0 aliphatic carbocycles. The summed E-state index contributed by atoms with van der Waals surface area (Å²) in [6.07, 6.45) is 0.646. The third-order valence-corrected chi connectivity index (χ3v) is 5.10. The van der Waals surface area contributed by atoms with Gasteiger partial charge in [-0.2, -0.15) is 4.98 Å². The molecule has 7 nitrogen and oxygen atoms in total. The summed E-state index contributed by atoms with van der Waals surface area (Å²) in [5.74, 6) is 0.632. The number of aliphatic hydroxyl groups excluding tert-OH is 2. The van der Waals surface area contributed by atoms with Crippen LogP contribution >= 0.6 is 0 Å². The number of benzene rings is 1. The van der Waals surface area contributed by atoms with Crippen LogP contribution in [-0.4, -0.2) is 38.6 Å². The molecule has 0 saturated carbocycles. The second-order valence-electron chi connectivity index (χ2n) is 8.85. The molecule has 1 aliphatic rings. The highest BCUT2D eigenvalue weighted by molar-refractivity contribution is 5.79. The summed E-state index contributed by atoms with van der Waals surface area (Å²) in [7, 11) is 0. The van der Waals surface area contributed by atoms with Gasteiger partial charge in [-0.1, -0.05) is 45.0 Å². The number of fused-ring (bicyclic) bond motifs is 1. The molecule has 1 saturated heterocycles. The summed E-state index contributed by atoms with van der Waals surface area (Å²) in [6, 6.07) is 10.0. The first-order valence-electron chi connectivity index (χ1n) is 9.80. The zero-order valence-electron chi connectivity index (χ0n) is 16.8. The van der Waals surface area contributed by atoms with Gasteiger partial charge in [0.1, 0.15) is 18.1 Å². The van der Waals surface area contributed by atoms with Gasteiger partial charge in [0.15, 0.2) is 0 Å². The zero-order chi connectivity index (χ0) is 20.8. The number of rotatable bonds is 4. The third kappa shape index (κ3) is 4.12. The molecule has 4 rings (SSSR count). The Morgan fingerprint density at radius 3 is 2.59 bits per heavy atom. The molecule has 1 aliphatic heterocycles. The number of hydrogen-bond acceptors (Lipinski definition) is 6. The van der Waals surface area contributed by atoms with Crippen LogP contribution in [0.15, 0.2) is 45.7 Å². The quantitative estimate of drug-likeness (QED) is 0.701. The first-order valence-corrected chi connectivity index (χ1v) is 9.80. The molecule has 3 heterocycles. The van der Waals surface area contributed by atoms with Crippen LogP contribution in [0.3, 0.4) is 0 Å². The lowest BCUT2D eigenvalue weighted by atomic mass is 9.88. The average molecular weight is 398 g/mol. The van der Waals surface area contributed by atoms with Gasteiger partial charge in [0.05, 0.1) is 18.1 Å². The Morgan fingerprint density at radius 2 is 1.97 bits per heavy atom. The molecular weight excluding hydrogens is 372 g/mol. The van der Waals surface area contributed by atoms with Crippen molar-refractivity contribution >= 4 is 11.1 Å². The fraction of sp³-hybridized carbons (Fsp3) is 0.455. The van der Waals surface area contributed by atoms with Gasteiger partial charge in [0.25, 0.3) is 0 Å². The Morgan fingerprint density at radius 1 is 1.24 bits per heavy atom. The van der Waals surface area contributed by atoms with E-state index < -0.39 is 24.1 Å². The molecule has 0 amide bonds. The molecule has 7 heteroatoms. The van der Waals surface area contributed by atoms with E-state index in [0.29, 0.717) is 11.1 Å². The van der Waals surface area contributed by atoms with E-state index in [1.807, 2.05) is 18.2 Å². The fourth-order valence-electron chi connectivity index (χ4n) is 3.72. The summed E-state index contributed by atoms with van der Waals surface area (Å²) in [5.41, 5.74) is 2.12. The van der Waals surface area contributed by atoms with Gasteiger partial charge in [-0.15, -0.1) is 0 Å². The predicted octanol–water partition coefficient (Wildman–Crippen LogP) is 2.89. The van der Waals surface area contributed by atoms with Crippen molar-refractivity contribution in [1.82, 2.24) is 9.55 Å². The molecule has 0 spiro atoms. The highest BCUT2D eigenvalue weighted by Gasteiger charge is 2.35. The van der Waals surface area contributed by atoms with E-state index in [-0.39, 0.29) is 24.2 Å². The molecule has 1 fully saturated rings. The second kappa shape index (κ2) is 7.40. The number of aliphatic hydroxyl groups is 2. The molecule has 154 valence electrons. The molecule has 3 atom stereocenters. The average Bonchev–Trinajstić information content (AvgIpc) is 3.23. The fourth-order valence-corrected chi connectivity index (χ4v) is 3.72. The maximum Gasteiger partial charge on any atom is 0.353 e. The van der Waals surface area contributed by atoms with Crippen LogP contribution < -0.4 is 5.69 Å². The van der Waals surface area contributed by atoms with Crippen molar-refractivity contribution in [3.8, 4) is 11.3 Å². The number of hydrogen-bond donors (Lipinski definition) is 2. The van der Waals surface area contributed by atoms with Crippen molar-refractivity contribution in [2.75, 3.05) is 6.61 Å². The second-order valence-corrected chi connectivity index (χ2v) is 8.85. The Balaban J connectivity index is 1.62. The normalized spacial score (nSPS) is 22.4. The minimum absolute atomic E-state index is 0.216. The van der Waals surface area contributed by atoms with Gasteiger partial charge < -0.3 is 19.4 Å². The standard InChI is InChI=1S/C22H26N2O5/c1-22(2,3)10-13-4-6-14(7-5-13)17-8-15-11-24(21(27)23-20(15)29-17)19-9-16(26)18(12-25)28-19/h4-8,11,16,18-19,25-26H,9-10,12H2,1-3H3/t16-,18+,19+/m0/s1. The zero-order valence-corrected chi connectivity index (χ0v) is 16.8. The van der Waals surface area contributed by atoms with Gasteiger partial charge >= 0.3 is 5.69 Å². The minimum Gasteiger partial charge on any atom is -0.437 e. The van der Waals surface area contributed by atoms with E-state index in [2.05, 4.69) is 37.9 Å². The lowest BCUT2D eigenvalue weighted by molar-refractivity contribution is -0.0457. The van der Waals surface area contributed by atoms with E-state index >= 15 is 0 Å². The van der Waals surface area contributed by atoms with Gasteiger partial charge in [0.2, 0.25) is 5.71 Å². The van der Waals surface area contributed by atoms with Gasteiger partial charge in [-0.3, -0.25) is 4.57 Å². The largest absolute Gasteiger partial charge is 0.437 e. The highest BCUT2D eigenvalue weighted by Crippen LogP contribution is 2.31. The van der Waals surface area contributed by atoms with Crippen LogP contribution in [0.4, 0.5) is 0 Å². The number of ether oxygens (including phenoxy) is 1. The molecule has 0 radical (unpaired) electrons. The van der Waals surface area contributed by atoms with E-state index in [4.69, 9.17) is 9.15 Å². The Bertz CT molecular complexity index is 1060. The summed E-state index contributed by atoms with van der Waals surface area (Å²) in [4.78, 5) is 16.4. The van der Waals surface area contributed by atoms with Crippen LogP contribution in [0, 0.1) is 5.41 Å². The van der Waals surface area contributed by atoms with Crippen LogP contribution in [-0.2, 0) is 11.2 Å². The van der Waals surface area contributed by atoms with Crippen molar-refractivity contribution in [3.05, 3.63) is 52.6 Å². The van der Waals surface area contributed by atoms with E-state index in [0.717, 1.165) is 12.0 Å². The molecule has 29 heavy (non-hydrogen) atoms. The Hall–Kier alpha value is -2.48. The minimum atomic E-state index is -0.820. The smallest absolute Gasteiger partial charge is 0.353 e. The van der Waals surface area contributed by atoms with Crippen molar-refractivity contribution in [2.24, 2.45) is 5.41 Å². The number of aromatic nitrogens is 2. The van der Waals surface area contributed by atoms with E-state index in [1.54, 1.807) is 6.20 Å². The van der Waals surface area contributed by atoms with Crippen molar-refractivity contribution in [3.63, 3.8) is 0 Å². The van der Waals surface area contributed by atoms with Crippen LogP contribution in [0.2, 0.25) is 0 Å². The lowest BCUT2D eigenvalue weighted by Gasteiger charge is -2.18. The maximum atomic E-state index is 12.4. The lowest BCUT2D eigenvalue weighted by Crippen LogP contribution is -2.27. The summed E-state index contributed by atoms with van der Waals surface area (Å²) < 4.78 is 12.7. The summed E-state index contributed by atoms with van der Waals surface area (Å²) in [6.45, 7) is 6.31. The highest BCUT2D eigenvalue weighted by atomic mass is 16.5. The van der Waals surface area contributed by atoms with Crippen LogP contribution in [0.25, 0.3) is 22.4 Å². The molecule has 3 aromatic rings. The SMILES string of the molecule is CC(C)(C)Cc1ccc(-c2cc3cn([C@H]4C[C@H](O)[C@@H](CO)O4)c(=O)nc3o2)cc1. The van der Waals surface area contributed by atoms with Crippen LogP contribution in [0.5, 0.6) is 0 Å². The number of furan rings is 1. The molecule has 1 aromatic carbocycles. The van der Waals surface area contributed by atoms with Crippen molar-refractivity contribution < 1.29 is 19.4 Å². The topological polar surface area (TPSA) is 97.7 Å². The van der Waals surface area contributed by atoms with Crippen molar-refractivity contribution in [2.45, 2.75) is 52.0 Å². The third-order valence-electron chi connectivity index (χ3n) is 5.10. The van der Waals surface area contributed by atoms with Crippen LogP contribution in [0.1, 0.15) is 39.0 Å². The first-order chi connectivity index (χ1) is 13.7. The van der Waals surface area contributed by atoms with Crippen molar-refractivity contribution in [1.29, 1.82) is 0 Å². The first kappa shape index (κ1) is 19.8. The molecular formula is C22H26N2O5. The molecule has 0 bridgehead atoms. The maximum absolute atomic E-state index is 12.4.